The number of alkyl halides is 3. The highest BCUT2D eigenvalue weighted by Crippen LogP contribution is 2.42. The molecule has 1 amide bonds. The lowest BCUT2D eigenvalue weighted by Crippen LogP contribution is -2.52. The number of hydrogen-bond donors (Lipinski definition) is 2. The monoisotopic (exact) mass is 658 g/mol. The lowest BCUT2D eigenvalue weighted by Gasteiger charge is -2.39. The molecular weight excluding hydrogens is 625 g/mol. The van der Waals surface area contributed by atoms with E-state index in [0.717, 1.165) is 17.7 Å². The van der Waals surface area contributed by atoms with Crippen LogP contribution in [0.1, 0.15) is 38.3 Å². The first-order valence-corrected chi connectivity index (χ1v) is 15.8. The molecule has 0 bridgehead atoms. The largest absolute Gasteiger partial charge is 0.494 e. The van der Waals surface area contributed by atoms with Gasteiger partial charge in [-0.15, -0.1) is 11.3 Å². The van der Waals surface area contributed by atoms with Gasteiger partial charge in [0, 0.05) is 48.3 Å². The molecule has 1 fully saturated rings. The van der Waals surface area contributed by atoms with Gasteiger partial charge in [0.25, 0.3) is 5.91 Å². The molecule has 0 saturated carbocycles. The summed E-state index contributed by atoms with van der Waals surface area (Å²) in [5.41, 5.74) is 2.70. The predicted octanol–water partition coefficient (Wildman–Crippen LogP) is 7.14. The lowest BCUT2D eigenvalue weighted by molar-refractivity contribution is -0.137. The Hall–Kier alpha value is -3.64. The lowest BCUT2D eigenvalue weighted by atomic mass is 9.97. The van der Waals surface area contributed by atoms with E-state index in [1.807, 2.05) is 33.8 Å². The van der Waals surface area contributed by atoms with Crippen LogP contribution in [0.4, 0.5) is 18.9 Å². The molecule has 2 atom stereocenters. The minimum absolute atomic E-state index is 0.103. The Morgan fingerprint density at radius 2 is 1.96 bits per heavy atom. The van der Waals surface area contributed by atoms with Crippen molar-refractivity contribution >= 4 is 40.1 Å². The SMILES string of the molecule is CCOc1ccc(Cl)c(N2C(C=C(C)C)=C(C(=O)N3CCN[C@@H](C)C3)C=C(c3nc(-c4ccc(C(F)(F)F)cc4)cs3)C2O)c1. The maximum atomic E-state index is 14.2. The second-order valence-electron chi connectivity index (χ2n) is 11.1. The van der Waals surface area contributed by atoms with Gasteiger partial charge < -0.3 is 25.0 Å². The van der Waals surface area contributed by atoms with Crippen LogP contribution < -0.4 is 15.0 Å². The van der Waals surface area contributed by atoms with Crippen LogP contribution in [0.3, 0.4) is 0 Å². The van der Waals surface area contributed by atoms with Crippen LogP contribution >= 0.6 is 22.9 Å². The molecule has 0 radical (unpaired) electrons. The zero-order valence-corrected chi connectivity index (χ0v) is 26.9. The summed E-state index contributed by atoms with van der Waals surface area (Å²) in [6.45, 7) is 9.76. The molecule has 3 heterocycles. The Bertz CT molecular complexity index is 1660. The number of thiazole rings is 1. The van der Waals surface area contributed by atoms with E-state index in [1.54, 1.807) is 39.5 Å². The van der Waals surface area contributed by atoms with Crippen LogP contribution in [0.5, 0.6) is 5.75 Å². The zero-order chi connectivity index (χ0) is 32.5. The van der Waals surface area contributed by atoms with E-state index < -0.39 is 18.0 Å². The summed E-state index contributed by atoms with van der Waals surface area (Å²) in [6.07, 6.45) is -2.25. The molecule has 238 valence electrons. The van der Waals surface area contributed by atoms with Gasteiger partial charge in [-0.1, -0.05) is 29.3 Å². The maximum absolute atomic E-state index is 14.2. The van der Waals surface area contributed by atoms with E-state index >= 15 is 0 Å². The minimum Gasteiger partial charge on any atom is -0.494 e. The maximum Gasteiger partial charge on any atom is 0.416 e. The molecule has 3 aromatic rings. The predicted molar refractivity (Wildman–Crippen MR) is 172 cm³/mol. The second kappa shape index (κ2) is 13.4. The third-order valence-electron chi connectivity index (χ3n) is 7.42. The summed E-state index contributed by atoms with van der Waals surface area (Å²) >= 11 is 7.97. The van der Waals surface area contributed by atoms with E-state index in [9.17, 15) is 23.1 Å². The molecule has 45 heavy (non-hydrogen) atoms. The summed E-state index contributed by atoms with van der Waals surface area (Å²) in [6, 6.07) is 10.00. The van der Waals surface area contributed by atoms with E-state index in [1.165, 1.54) is 23.5 Å². The van der Waals surface area contributed by atoms with Crippen molar-refractivity contribution in [2.45, 2.75) is 46.1 Å². The molecule has 2 aliphatic rings. The summed E-state index contributed by atoms with van der Waals surface area (Å²) < 4.78 is 45.2. The molecule has 1 saturated heterocycles. The summed E-state index contributed by atoms with van der Waals surface area (Å²) in [7, 11) is 0. The van der Waals surface area contributed by atoms with E-state index in [0.29, 0.717) is 75.8 Å². The molecule has 7 nitrogen and oxygen atoms in total. The van der Waals surface area contributed by atoms with Gasteiger partial charge in [-0.05, 0) is 64.1 Å². The van der Waals surface area contributed by atoms with Crippen LogP contribution in [0.15, 0.2) is 76.8 Å². The van der Waals surface area contributed by atoms with Gasteiger partial charge in [0.05, 0.1) is 39.8 Å². The Balaban J connectivity index is 1.66. The number of amides is 1. The zero-order valence-electron chi connectivity index (χ0n) is 25.3. The fourth-order valence-corrected chi connectivity index (χ4v) is 6.39. The fourth-order valence-electron chi connectivity index (χ4n) is 5.32. The molecule has 2 N–H and O–H groups in total. The number of rotatable bonds is 7. The number of anilines is 1. The van der Waals surface area contributed by atoms with Crippen LogP contribution in [0, 0.1) is 0 Å². The quantitative estimate of drug-likeness (QED) is 0.281. The van der Waals surface area contributed by atoms with Gasteiger partial charge in [0.15, 0.2) is 6.23 Å². The molecular formula is C33H34ClF3N4O3S. The summed E-state index contributed by atoms with van der Waals surface area (Å²) in [5, 5.41) is 17.8. The highest BCUT2D eigenvalue weighted by Gasteiger charge is 2.37. The van der Waals surface area contributed by atoms with E-state index in [2.05, 4.69) is 5.32 Å². The molecule has 0 spiro atoms. The molecule has 2 aliphatic heterocycles. The molecule has 12 heteroatoms. The first-order chi connectivity index (χ1) is 21.4. The highest BCUT2D eigenvalue weighted by molar-refractivity contribution is 7.11. The number of ether oxygens (including phenoxy) is 1. The number of aliphatic hydroxyl groups excluding tert-OH is 1. The first-order valence-electron chi connectivity index (χ1n) is 14.5. The van der Waals surface area contributed by atoms with Crippen molar-refractivity contribution in [3.63, 3.8) is 0 Å². The van der Waals surface area contributed by atoms with Crippen molar-refractivity contribution in [2.75, 3.05) is 31.1 Å². The Labute approximate surface area is 269 Å². The van der Waals surface area contributed by atoms with Gasteiger partial charge in [0.1, 0.15) is 10.8 Å². The van der Waals surface area contributed by atoms with Gasteiger partial charge in [0.2, 0.25) is 0 Å². The smallest absolute Gasteiger partial charge is 0.416 e. The number of aromatic nitrogens is 1. The third-order valence-corrected chi connectivity index (χ3v) is 8.63. The number of carbonyl (C=O) groups excluding carboxylic acids is 1. The van der Waals surface area contributed by atoms with E-state index in [4.69, 9.17) is 21.3 Å². The molecule has 1 aromatic heterocycles. The number of piperazine rings is 1. The summed E-state index contributed by atoms with van der Waals surface area (Å²) in [5.74, 6) is 0.334. The normalized spacial score (nSPS) is 19.0. The van der Waals surface area contributed by atoms with Crippen molar-refractivity contribution in [2.24, 2.45) is 0 Å². The molecule has 2 aromatic carbocycles. The van der Waals surface area contributed by atoms with Crippen LogP contribution in [-0.4, -0.2) is 59.4 Å². The average molecular weight is 659 g/mol. The van der Waals surface area contributed by atoms with Crippen LogP contribution in [0.2, 0.25) is 5.02 Å². The standard InChI is InChI=1S/C33H34ClF3N4O3S/c1-5-44-23-10-11-26(34)29(15-23)41-28(14-19(2)3)24(31(42)40-13-12-38-20(4)17-40)16-25(32(41)43)30-39-27(18-45-30)21-6-8-22(9-7-21)33(35,36)37/h6-11,14-16,18,20,32,38,43H,5,12-13,17H2,1-4H3/t20-,32?/m0/s1. The van der Waals surface area contributed by atoms with Crippen LogP contribution in [-0.2, 0) is 11.0 Å². The first kappa shape index (κ1) is 32.7. The van der Waals surface area contributed by atoms with Crippen molar-refractivity contribution in [3.05, 3.63) is 92.4 Å². The highest BCUT2D eigenvalue weighted by atomic mass is 35.5. The molecule has 0 aliphatic carbocycles. The van der Waals surface area contributed by atoms with Gasteiger partial charge in [-0.2, -0.15) is 13.2 Å². The van der Waals surface area contributed by atoms with Crippen molar-refractivity contribution < 1.29 is 27.8 Å². The van der Waals surface area contributed by atoms with Crippen molar-refractivity contribution in [1.82, 2.24) is 15.2 Å². The fraction of sp³-hybridized carbons (Fsp3) is 0.333. The van der Waals surface area contributed by atoms with Gasteiger partial charge >= 0.3 is 6.18 Å². The number of hydrogen-bond acceptors (Lipinski definition) is 7. The van der Waals surface area contributed by atoms with Crippen LogP contribution in [0.25, 0.3) is 16.8 Å². The number of carbonyl (C=O) groups is 1. The number of halogens is 4. The van der Waals surface area contributed by atoms with Gasteiger partial charge in [-0.3, -0.25) is 4.79 Å². The van der Waals surface area contributed by atoms with E-state index in [-0.39, 0.29) is 11.9 Å². The average Bonchev–Trinajstić information content (AvgIpc) is 3.48. The van der Waals surface area contributed by atoms with Crippen molar-refractivity contribution in [1.29, 1.82) is 0 Å². The van der Waals surface area contributed by atoms with Crippen molar-refractivity contribution in [3.8, 4) is 17.0 Å². The Kier molecular flexibility index (Phi) is 9.74. The summed E-state index contributed by atoms with van der Waals surface area (Å²) in [4.78, 5) is 22.3. The van der Waals surface area contributed by atoms with Gasteiger partial charge in [-0.25, -0.2) is 4.98 Å². The number of benzene rings is 2. The Morgan fingerprint density at radius 3 is 2.60 bits per heavy atom. The number of aliphatic hydroxyl groups is 1. The topological polar surface area (TPSA) is 77.9 Å². The Morgan fingerprint density at radius 1 is 1.22 bits per heavy atom. The number of nitrogens with one attached hydrogen (secondary N) is 1. The number of nitrogens with zero attached hydrogens (tertiary/aromatic N) is 3. The molecule has 5 rings (SSSR count). The molecule has 1 unspecified atom stereocenters. The third kappa shape index (κ3) is 7.12. The second-order valence-corrected chi connectivity index (χ2v) is 12.4. The number of allylic oxidation sites excluding steroid dienone is 2. The minimum atomic E-state index is -4.45.